The maximum atomic E-state index is 11.5. The Labute approximate surface area is 96.6 Å². The van der Waals surface area contributed by atoms with Gasteiger partial charge in [0.15, 0.2) is 5.78 Å². The molecular formula is C14H17NO. The van der Waals surface area contributed by atoms with Gasteiger partial charge in [-0.25, -0.2) is 0 Å². The number of carbonyl (C=O) groups is 1. The predicted molar refractivity (Wildman–Crippen MR) is 67.6 cm³/mol. The average Bonchev–Trinajstić information content (AvgIpc) is 2.65. The number of rotatable bonds is 2. The molecule has 2 rings (SSSR count). The quantitative estimate of drug-likeness (QED) is 0.707. The van der Waals surface area contributed by atoms with Gasteiger partial charge >= 0.3 is 0 Å². The molecule has 0 bridgehead atoms. The molecule has 0 aromatic heterocycles. The summed E-state index contributed by atoms with van der Waals surface area (Å²) in [6.45, 7) is 0. The van der Waals surface area contributed by atoms with Crippen molar-refractivity contribution in [2.24, 2.45) is 0 Å². The Balaban J connectivity index is 2.19. The molecule has 0 radical (unpaired) electrons. The Morgan fingerprint density at radius 3 is 2.31 bits per heavy atom. The number of benzene rings is 1. The summed E-state index contributed by atoms with van der Waals surface area (Å²) in [5.41, 5.74) is 3.29. The number of carbonyl (C=O) groups excluding carboxylic acids is 1. The standard InChI is InChI=1S/C14H17NO/c1-15(2)13-8-6-11(7-9-13)10-12-4-3-5-14(12)16/h6-10H,3-5H2,1-2H3/b12-10+. The van der Waals surface area contributed by atoms with Crippen LogP contribution in [0.1, 0.15) is 24.8 Å². The molecule has 2 heteroatoms. The average molecular weight is 215 g/mol. The van der Waals surface area contributed by atoms with Gasteiger partial charge in [0.25, 0.3) is 0 Å². The van der Waals surface area contributed by atoms with Crippen LogP contribution in [-0.2, 0) is 4.79 Å². The second kappa shape index (κ2) is 4.52. The van der Waals surface area contributed by atoms with Gasteiger partial charge in [-0.15, -0.1) is 0 Å². The fourth-order valence-corrected chi connectivity index (χ4v) is 1.96. The van der Waals surface area contributed by atoms with E-state index >= 15 is 0 Å². The number of nitrogens with zero attached hydrogens (tertiary/aromatic N) is 1. The number of hydrogen-bond donors (Lipinski definition) is 0. The first-order chi connectivity index (χ1) is 7.66. The summed E-state index contributed by atoms with van der Waals surface area (Å²) < 4.78 is 0. The number of Topliss-reactive ketones (excluding diaryl/α,β-unsaturated/α-hetero) is 1. The maximum Gasteiger partial charge on any atom is 0.158 e. The van der Waals surface area contributed by atoms with Crippen molar-refractivity contribution >= 4 is 17.5 Å². The highest BCUT2D eigenvalue weighted by Crippen LogP contribution is 2.23. The smallest absolute Gasteiger partial charge is 0.158 e. The van der Waals surface area contributed by atoms with Crippen LogP contribution in [0.2, 0.25) is 0 Å². The monoisotopic (exact) mass is 215 g/mol. The molecule has 2 nitrogen and oxygen atoms in total. The molecule has 0 heterocycles. The summed E-state index contributed by atoms with van der Waals surface area (Å²) in [6, 6.07) is 8.28. The Hall–Kier alpha value is -1.57. The summed E-state index contributed by atoms with van der Waals surface area (Å²) in [6.07, 6.45) is 4.70. The molecule has 1 aromatic carbocycles. The van der Waals surface area contributed by atoms with Crippen LogP contribution >= 0.6 is 0 Å². The van der Waals surface area contributed by atoms with Crippen LogP contribution in [0.25, 0.3) is 6.08 Å². The minimum Gasteiger partial charge on any atom is -0.378 e. The van der Waals surface area contributed by atoms with E-state index < -0.39 is 0 Å². The first kappa shape index (κ1) is 10.9. The fourth-order valence-electron chi connectivity index (χ4n) is 1.96. The van der Waals surface area contributed by atoms with Gasteiger partial charge in [-0.05, 0) is 42.2 Å². The first-order valence-corrected chi connectivity index (χ1v) is 5.68. The zero-order valence-electron chi connectivity index (χ0n) is 9.86. The van der Waals surface area contributed by atoms with Crippen LogP contribution in [0.3, 0.4) is 0 Å². The van der Waals surface area contributed by atoms with Gasteiger partial charge in [0.1, 0.15) is 0 Å². The van der Waals surface area contributed by atoms with Gasteiger partial charge < -0.3 is 4.90 Å². The molecular weight excluding hydrogens is 198 g/mol. The molecule has 1 aromatic rings. The van der Waals surface area contributed by atoms with Gasteiger partial charge in [0, 0.05) is 26.2 Å². The summed E-state index contributed by atoms with van der Waals surface area (Å²) in [5.74, 6) is 0.316. The van der Waals surface area contributed by atoms with Crippen molar-refractivity contribution in [3.8, 4) is 0 Å². The molecule has 1 aliphatic carbocycles. The summed E-state index contributed by atoms with van der Waals surface area (Å²) in [5, 5.41) is 0. The summed E-state index contributed by atoms with van der Waals surface area (Å²) in [4.78, 5) is 13.5. The van der Waals surface area contributed by atoms with Crippen molar-refractivity contribution in [1.82, 2.24) is 0 Å². The van der Waals surface area contributed by atoms with E-state index in [1.165, 1.54) is 5.69 Å². The Bertz CT molecular complexity index is 415. The molecule has 0 saturated heterocycles. The lowest BCUT2D eigenvalue weighted by Crippen LogP contribution is -2.07. The Morgan fingerprint density at radius 2 is 1.81 bits per heavy atom. The number of anilines is 1. The lowest BCUT2D eigenvalue weighted by Gasteiger charge is -2.11. The molecule has 0 amide bonds. The molecule has 0 aliphatic heterocycles. The third-order valence-corrected chi connectivity index (χ3v) is 2.96. The summed E-state index contributed by atoms with van der Waals surface area (Å²) in [7, 11) is 4.04. The van der Waals surface area contributed by atoms with E-state index in [0.29, 0.717) is 5.78 Å². The molecule has 1 aliphatic rings. The maximum absolute atomic E-state index is 11.5. The molecule has 0 N–H and O–H groups in total. The summed E-state index contributed by atoms with van der Waals surface area (Å²) >= 11 is 0. The Morgan fingerprint density at radius 1 is 1.12 bits per heavy atom. The lowest BCUT2D eigenvalue weighted by atomic mass is 10.1. The minimum absolute atomic E-state index is 0.316. The van der Waals surface area contributed by atoms with Gasteiger partial charge in [-0.2, -0.15) is 0 Å². The van der Waals surface area contributed by atoms with E-state index in [1.807, 2.05) is 20.2 Å². The first-order valence-electron chi connectivity index (χ1n) is 5.68. The third kappa shape index (κ3) is 2.32. The highest BCUT2D eigenvalue weighted by atomic mass is 16.1. The number of ketones is 1. The van der Waals surface area contributed by atoms with Gasteiger partial charge in [0.05, 0.1) is 0 Å². The highest BCUT2D eigenvalue weighted by molar-refractivity contribution is 6.01. The van der Waals surface area contributed by atoms with Crippen molar-refractivity contribution in [3.63, 3.8) is 0 Å². The van der Waals surface area contributed by atoms with E-state index in [4.69, 9.17) is 0 Å². The van der Waals surface area contributed by atoms with E-state index in [9.17, 15) is 4.79 Å². The van der Waals surface area contributed by atoms with E-state index in [-0.39, 0.29) is 0 Å². The molecule has 0 atom stereocenters. The normalized spacial score (nSPS) is 18.1. The van der Waals surface area contributed by atoms with Gasteiger partial charge in [-0.1, -0.05) is 12.1 Å². The lowest BCUT2D eigenvalue weighted by molar-refractivity contribution is -0.114. The van der Waals surface area contributed by atoms with E-state index in [0.717, 1.165) is 30.4 Å². The van der Waals surface area contributed by atoms with Crippen molar-refractivity contribution in [1.29, 1.82) is 0 Å². The third-order valence-electron chi connectivity index (χ3n) is 2.96. The molecule has 16 heavy (non-hydrogen) atoms. The van der Waals surface area contributed by atoms with E-state index in [1.54, 1.807) is 0 Å². The highest BCUT2D eigenvalue weighted by Gasteiger charge is 2.16. The van der Waals surface area contributed by atoms with Gasteiger partial charge in [0.2, 0.25) is 0 Å². The zero-order valence-corrected chi connectivity index (χ0v) is 9.86. The molecule has 0 unspecified atom stereocenters. The largest absolute Gasteiger partial charge is 0.378 e. The fraction of sp³-hybridized carbons (Fsp3) is 0.357. The molecule has 1 saturated carbocycles. The SMILES string of the molecule is CN(C)c1ccc(/C=C2\CCCC2=O)cc1. The van der Waals surface area contributed by atoms with Crippen molar-refractivity contribution in [2.75, 3.05) is 19.0 Å². The molecule has 84 valence electrons. The second-order valence-corrected chi connectivity index (χ2v) is 4.43. The van der Waals surface area contributed by atoms with Crippen LogP contribution < -0.4 is 4.90 Å². The number of hydrogen-bond acceptors (Lipinski definition) is 2. The topological polar surface area (TPSA) is 20.3 Å². The Kier molecular flexibility index (Phi) is 3.09. The van der Waals surface area contributed by atoms with Crippen LogP contribution in [0.5, 0.6) is 0 Å². The second-order valence-electron chi connectivity index (χ2n) is 4.43. The number of allylic oxidation sites excluding steroid dienone is 1. The van der Waals surface area contributed by atoms with Crippen LogP contribution in [-0.4, -0.2) is 19.9 Å². The van der Waals surface area contributed by atoms with E-state index in [2.05, 4.69) is 29.2 Å². The van der Waals surface area contributed by atoms with Crippen molar-refractivity contribution < 1.29 is 4.79 Å². The molecule has 0 spiro atoms. The van der Waals surface area contributed by atoms with Gasteiger partial charge in [-0.3, -0.25) is 4.79 Å². The van der Waals surface area contributed by atoms with Crippen molar-refractivity contribution in [2.45, 2.75) is 19.3 Å². The minimum atomic E-state index is 0.316. The van der Waals surface area contributed by atoms with Crippen LogP contribution in [0.15, 0.2) is 29.8 Å². The zero-order chi connectivity index (χ0) is 11.5. The predicted octanol–water partition coefficient (Wildman–Crippen LogP) is 2.89. The molecule has 1 fully saturated rings. The van der Waals surface area contributed by atoms with Crippen molar-refractivity contribution in [3.05, 3.63) is 35.4 Å². The van der Waals surface area contributed by atoms with Crippen LogP contribution in [0.4, 0.5) is 5.69 Å². The van der Waals surface area contributed by atoms with Crippen LogP contribution in [0, 0.1) is 0 Å².